The number of hydrogen-bond donors (Lipinski definition) is 1. The molecule has 216 valence electrons. The van der Waals surface area contributed by atoms with Crippen LogP contribution in [0.1, 0.15) is 66.7 Å². The summed E-state index contributed by atoms with van der Waals surface area (Å²) in [6.07, 6.45) is 6.12. The molecule has 0 aliphatic heterocycles. The largest absolute Gasteiger partial charge is 0.352 e. The van der Waals surface area contributed by atoms with E-state index in [9.17, 15) is 9.59 Å². The van der Waals surface area contributed by atoms with Crippen LogP contribution in [0.4, 0.5) is 0 Å². The molecule has 1 fully saturated rings. The first kappa shape index (κ1) is 29.6. The van der Waals surface area contributed by atoms with Gasteiger partial charge < -0.3 is 10.2 Å². The van der Waals surface area contributed by atoms with Gasteiger partial charge in [0.25, 0.3) is 0 Å². The lowest BCUT2D eigenvalue weighted by Crippen LogP contribution is -2.53. The third-order valence-corrected chi connectivity index (χ3v) is 8.52. The normalized spacial score (nSPS) is 14.3. The van der Waals surface area contributed by atoms with Gasteiger partial charge in [-0.2, -0.15) is 0 Å². The van der Waals surface area contributed by atoms with E-state index in [4.69, 9.17) is 11.6 Å². The molecule has 0 aromatic heterocycles. The van der Waals surface area contributed by atoms with Gasteiger partial charge in [-0.3, -0.25) is 9.59 Å². The Bertz CT molecular complexity index is 1370. The highest BCUT2D eigenvalue weighted by Crippen LogP contribution is 2.30. The van der Waals surface area contributed by atoms with Gasteiger partial charge in [0.1, 0.15) is 6.04 Å². The Kier molecular flexibility index (Phi) is 10.5. The summed E-state index contributed by atoms with van der Waals surface area (Å²) in [4.78, 5) is 30.4. The Labute approximate surface area is 254 Å². The summed E-state index contributed by atoms with van der Waals surface area (Å²) in [5.74, 6) is -0.266. The Morgan fingerprint density at radius 3 is 1.83 bits per heavy atom. The first-order valence-electron chi connectivity index (χ1n) is 15.0. The van der Waals surface area contributed by atoms with Crippen molar-refractivity contribution in [2.24, 2.45) is 0 Å². The Morgan fingerprint density at radius 1 is 0.714 bits per heavy atom. The SMILES string of the molecule is O=C(NC1CCCCC1)[C@H](Cc1ccccc1)N(Cc1ccc(Cl)cc1)C(=O)CC(c1ccccc1)c1ccccc1. The fraction of sp³-hybridized carbons (Fsp3) is 0.297. The molecule has 0 saturated heterocycles. The Hall–Kier alpha value is -3.89. The fourth-order valence-corrected chi connectivity index (χ4v) is 6.10. The van der Waals surface area contributed by atoms with Crippen molar-refractivity contribution in [2.75, 3.05) is 0 Å². The number of benzene rings is 4. The number of carbonyl (C=O) groups is 2. The van der Waals surface area contributed by atoms with Crippen LogP contribution in [0.3, 0.4) is 0 Å². The number of nitrogens with one attached hydrogen (secondary N) is 1. The molecule has 1 N–H and O–H groups in total. The van der Waals surface area contributed by atoms with Crippen LogP contribution in [0, 0.1) is 0 Å². The molecule has 5 rings (SSSR count). The standard InChI is InChI=1S/C37H39ClN2O2/c38-32-23-21-29(22-24-32)27-40(36(41)26-34(30-15-7-2-8-16-30)31-17-9-3-10-18-31)35(25-28-13-5-1-6-14-28)37(42)39-33-19-11-4-12-20-33/h1-3,5-10,13-18,21-24,33-35H,4,11-12,19-20,25-27H2,(H,39,42)/t35-/m0/s1. The molecule has 4 aromatic carbocycles. The molecular weight excluding hydrogens is 540 g/mol. The fourth-order valence-electron chi connectivity index (χ4n) is 5.98. The van der Waals surface area contributed by atoms with Gasteiger partial charge in [-0.25, -0.2) is 0 Å². The number of hydrogen-bond acceptors (Lipinski definition) is 2. The maximum Gasteiger partial charge on any atom is 0.243 e. The summed E-state index contributed by atoms with van der Waals surface area (Å²) in [5.41, 5.74) is 4.12. The molecule has 0 radical (unpaired) electrons. The molecule has 1 aliphatic carbocycles. The molecule has 4 aromatic rings. The minimum Gasteiger partial charge on any atom is -0.352 e. The molecule has 0 heterocycles. The van der Waals surface area contributed by atoms with Gasteiger partial charge >= 0.3 is 0 Å². The van der Waals surface area contributed by atoms with E-state index in [1.165, 1.54) is 6.42 Å². The van der Waals surface area contributed by atoms with E-state index in [1.54, 1.807) is 4.90 Å². The molecule has 2 amide bonds. The summed E-state index contributed by atoms with van der Waals surface area (Å²) in [6.45, 7) is 0.321. The molecule has 0 bridgehead atoms. The van der Waals surface area contributed by atoms with Crippen LogP contribution in [0.5, 0.6) is 0 Å². The summed E-state index contributed by atoms with van der Waals surface area (Å²) in [7, 11) is 0. The van der Waals surface area contributed by atoms with Gasteiger partial charge in [0.15, 0.2) is 0 Å². The van der Waals surface area contributed by atoms with Gasteiger partial charge in [-0.05, 0) is 47.2 Å². The van der Waals surface area contributed by atoms with Crippen LogP contribution in [-0.4, -0.2) is 28.8 Å². The molecule has 4 nitrogen and oxygen atoms in total. The van der Waals surface area contributed by atoms with Crippen LogP contribution >= 0.6 is 11.6 Å². The molecule has 1 saturated carbocycles. The summed E-state index contributed by atoms with van der Waals surface area (Å²) in [6, 6.07) is 37.4. The molecule has 0 unspecified atom stereocenters. The number of rotatable bonds is 11. The van der Waals surface area contributed by atoms with Crippen molar-refractivity contribution in [3.63, 3.8) is 0 Å². The van der Waals surface area contributed by atoms with Gasteiger partial charge in [0.2, 0.25) is 11.8 Å². The third kappa shape index (κ3) is 8.10. The minimum absolute atomic E-state index is 0.0534. The van der Waals surface area contributed by atoms with Gasteiger partial charge in [-0.15, -0.1) is 0 Å². The van der Waals surface area contributed by atoms with E-state index >= 15 is 0 Å². The van der Waals surface area contributed by atoms with Crippen molar-refractivity contribution in [3.05, 3.63) is 143 Å². The maximum atomic E-state index is 14.5. The highest BCUT2D eigenvalue weighted by Gasteiger charge is 2.33. The van der Waals surface area contributed by atoms with E-state index in [1.807, 2.05) is 91.0 Å². The zero-order chi connectivity index (χ0) is 29.1. The smallest absolute Gasteiger partial charge is 0.243 e. The average molecular weight is 579 g/mol. The number of carbonyl (C=O) groups excluding carboxylic acids is 2. The van der Waals surface area contributed by atoms with E-state index in [2.05, 4.69) is 29.6 Å². The van der Waals surface area contributed by atoms with Crippen LogP contribution < -0.4 is 5.32 Å². The van der Waals surface area contributed by atoms with Crippen LogP contribution in [0.2, 0.25) is 5.02 Å². The van der Waals surface area contributed by atoms with E-state index in [0.29, 0.717) is 18.0 Å². The topological polar surface area (TPSA) is 49.4 Å². The molecule has 0 spiro atoms. The summed E-state index contributed by atoms with van der Waals surface area (Å²) in [5, 5.41) is 3.97. The lowest BCUT2D eigenvalue weighted by molar-refractivity contribution is -0.141. The van der Waals surface area contributed by atoms with Crippen molar-refractivity contribution in [2.45, 2.75) is 69.5 Å². The second kappa shape index (κ2) is 14.8. The number of halogens is 1. The van der Waals surface area contributed by atoms with E-state index in [-0.39, 0.29) is 30.2 Å². The minimum atomic E-state index is -0.648. The predicted octanol–water partition coefficient (Wildman–Crippen LogP) is 7.95. The summed E-state index contributed by atoms with van der Waals surface area (Å²) < 4.78 is 0. The van der Waals surface area contributed by atoms with Gasteiger partial charge in [0, 0.05) is 36.4 Å². The quantitative estimate of drug-likeness (QED) is 0.196. The summed E-state index contributed by atoms with van der Waals surface area (Å²) >= 11 is 6.20. The lowest BCUT2D eigenvalue weighted by Gasteiger charge is -2.34. The first-order valence-corrected chi connectivity index (χ1v) is 15.4. The van der Waals surface area contributed by atoms with Gasteiger partial charge in [0.05, 0.1) is 0 Å². The molecular formula is C37H39ClN2O2. The van der Waals surface area contributed by atoms with E-state index in [0.717, 1.165) is 47.9 Å². The Morgan fingerprint density at radius 2 is 1.26 bits per heavy atom. The first-order chi connectivity index (χ1) is 20.6. The van der Waals surface area contributed by atoms with Crippen molar-refractivity contribution in [1.29, 1.82) is 0 Å². The van der Waals surface area contributed by atoms with Gasteiger partial charge in [-0.1, -0.05) is 134 Å². The third-order valence-electron chi connectivity index (χ3n) is 8.27. The number of nitrogens with zero attached hydrogens (tertiary/aromatic N) is 1. The molecule has 1 aliphatic rings. The monoisotopic (exact) mass is 578 g/mol. The van der Waals surface area contributed by atoms with Crippen LogP contribution in [-0.2, 0) is 22.6 Å². The zero-order valence-corrected chi connectivity index (χ0v) is 24.8. The highest BCUT2D eigenvalue weighted by atomic mass is 35.5. The second-order valence-corrected chi connectivity index (χ2v) is 11.7. The predicted molar refractivity (Wildman–Crippen MR) is 170 cm³/mol. The average Bonchev–Trinajstić information content (AvgIpc) is 3.04. The van der Waals surface area contributed by atoms with Crippen LogP contribution in [0.25, 0.3) is 0 Å². The van der Waals surface area contributed by atoms with Crippen molar-refractivity contribution >= 4 is 23.4 Å². The zero-order valence-electron chi connectivity index (χ0n) is 24.0. The van der Waals surface area contributed by atoms with Crippen molar-refractivity contribution in [3.8, 4) is 0 Å². The van der Waals surface area contributed by atoms with Crippen molar-refractivity contribution < 1.29 is 9.59 Å². The highest BCUT2D eigenvalue weighted by molar-refractivity contribution is 6.30. The maximum absolute atomic E-state index is 14.5. The second-order valence-electron chi connectivity index (χ2n) is 11.3. The molecule has 42 heavy (non-hydrogen) atoms. The van der Waals surface area contributed by atoms with E-state index < -0.39 is 6.04 Å². The van der Waals surface area contributed by atoms with Crippen molar-refractivity contribution in [1.82, 2.24) is 10.2 Å². The van der Waals surface area contributed by atoms with Crippen LogP contribution in [0.15, 0.2) is 115 Å². The lowest BCUT2D eigenvalue weighted by atomic mass is 9.87. The molecule has 5 heteroatoms. The molecule has 1 atom stereocenters. The number of amides is 2. The Balaban J connectivity index is 1.50.